The molecule has 2 atom stereocenters. The first kappa shape index (κ1) is 14.6. The highest BCUT2D eigenvalue weighted by Gasteiger charge is 2.43. The molecule has 2 nitrogen and oxygen atoms in total. The highest BCUT2D eigenvalue weighted by Crippen LogP contribution is 2.51. The van der Waals surface area contributed by atoms with Gasteiger partial charge in [0.1, 0.15) is 5.75 Å². The van der Waals surface area contributed by atoms with Crippen molar-refractivity contribution in [2.75, 3.05) is 27.7 Å². The second-order valence-electron chi connectivity index (χ2n) is 6.87. The van der Waals surface area contributed by atoms with E-state index in [9.17, 15) is 0 Å². The Morgan fingerprint density at radius 3 is 2.90 bits per heavy atom. The molecule has 2 aliphatic carbocycles. The van der Waals surface area contributed by atoms with Crippen LogP contribution in [0.25, 0.3) is 6.08 Å². The number of allylic oxidation sites excluding steroid dienone is 1. The number of benzene rings is 1. The lowest BCUT2D eigenvalue weighted by atomic mass is 9.58. The van der Waals surface area contributed by atoms with E-state index >= 15 is 0 Å². The second-order valence-corrected chi connectivity index (χ2v) is 6.87. The van der Waals surface area contributed by atoms with Gasteiger partial charge in [0.05, 0.1) is 7.11 Å². The van der Waals surface area contributed by atoms with Crippen LogP contribution in [0.4, 0.5) is 0 Å². The fraction of sp³-hybridized carbons (Fsp3) is 0.579. The minimum Gasteiger partial charge on any atom is -0.497 e. The van der Waals surface area contributed by atoms with Crippen molar-refractivity contribution < 1.29 is 4.74 Å². The summed E-state index contributed by atoms with van der Waals surface area (Å²) in [6.07, 6.45) is 11.4. The van der Waals surface area contributed by atoms with E-state index in [1.165, 1.54) is 43.2 Å². The molecule has 0 radical (unpaired) electrons. The van der Waals surface area contributed by atoms with E-state index in [2.05, 4.69) is 49.3 Å². The van der Waals surface area contributed by atoms with Crippen LogP contribution in [0.5, 0.6) is 5.75 Å². The maximum absolute atomic E-state index is 5.50. The van der Waals surface area contributed by atoms with Crippen LogP contribution in [-0.2, 0) is 5.41 Å². The number of methoxy groups -OCH3 is 1. The molecule has 0 heterocycles. The van der Waals surface area contributed by atoms with Crippen molar-refractivity contribution in [2.45, 2.75) is 37.5 Å². The zero-order valence-corrected chi connectivity index (χ0v) is 13.6. The number of nitrogens with zero attached hydrogens (tertiary/aromatic N) is 1. The first-order valence-electron chi connectivity index (χ1n) is 8.17. The van der Waals surface area contributed by atoms with Gasteiger partial charge in [0.25, 0.3) is 0 Å². The van der Waals surface area contributed by atoms with E-state index < -0.39 is 0 Å². The van der Waals surface area contributed by atoms with Crippen LogP contribution < -0.4 is 4.74 Å². The van der Waals surface area contributed by atoms with Crippen LogP contribution in [0, 0.1) is 5.92 Å². The summed E-state index contributed by atoms with van der Waals surface area (Å²) in [6.45, 7) is 1.15. The molecule has 0 aliphatic heterocycles. The third-order valence-electron chi connectivity index (χ3n) is 5.41. The average molecular weight is 285 g/mol. The van der Waals surface area contributed by atoms with Crippen molar-refractivity contribution in [3.63, 3.8) is 0 Å². The third-order valence-corrected chi connectivity index (χ3v) is 5.41. The Balaban J connectivity index is 2.04. The Morgan fingerprint density at radius 1 is 1.29 bits per heavy atom. The second kappa shape index (κ2) is 5.84. The first-order chi connectivity index (χ1) is 10.2. The van der Waals surface area contributed by atoms with E-state index in [1.807, 2.05) is 0 Å². The maximum Gasteiger partial charge on any atom is 0.119 e. The molecule has 0 aromatic heterocycles. The summed E-state index contributed by atoms with van der Waals surface area (Å²) in [7, 11) is 6.13. The van der Waals surface area contributed by atoms with Crippen molar-refractivity contribution in [1.82, 2.24) is 4.90 Å². The minimum absolute atomic E-state index is 0.321. The van der Waals surface area contributed by atoms with Crippen molar-refractivity contribution in [3.05, 3.63) is 35.4 Å². The summed E-state index contributed by atoms with van der Waals surface area (Å²) >= 11 is 0. The van der Waals surface area contributed by atoms with Gasteiger partial charge in [-0.05, 0) is 69.1 Å². The van der Waals surface area contributed by atoms with Crippen LogP contribution in [0.1, 0.15) is 43.2 Å². The largest absolute Gasteiger partial charge is 0.497 e. The molecule has 0 amide bonds. The standard InChI is InChI=1S/C19H27NO/c1-20(2)13-12-19-11-5-4-6-16(19)9-7-15-8-10-17(21-3)14-18(15)19/h7-10,14,16H,4-6,11-13H2,1-3H3/t16-,19+/m1/s1. The minimum atomic E-state index is 0.321. The van der Waals surface area contributed by atoms with Gasteiger partial charge in [-0.25, -0.2) is 0 Å². The number of fused-ring (bicyclic) bond motifs is 3. The summed E-state index contributed by atoms with van der Waals surface area (Å²) in [5.41, 5.74) is 3.24. The molecule has 0 unspecified atom stereocenters. The van der Waals surface area contributed by atoms with Gasteiger partial charge in [0.2, 0.25) is 0 Å². The van der Waals surface area contributed by atoms with Gasteiger partial charge in [-0.3, -0.25) is 0 Å². The van der Waals surface area contributed by atoms with Gasteiger partial charge in [0.15, 0.2) is 0 Å². The van der Waals surface area contributed by atoms with Crippen molar-refractivity contribution in [2.24, 2.45) is 5.92 Å². The highest BCUT2D eigenvalue weighted by atomic mass is 16.5. The smallest absolute Gasteiger partial charge is 0.119 e. The molecule has 21 heavy (non-hydrogen) atoms. The zero-order chi connectivity index (χ0) is 14.9. The Hall–Kier alpha value is -1.28. The van der Waals surface area contributed by atoms with Gasteiger partial charge >= 0.3 is 0 Å². The highest BCUT2D eigenvalue weighted by molar-refractivity contribution is 5.62. The van der Waals surface area contributed by atoms with Crippen LogP contribution >= 0.6 is 0 Å². The molecule has 3 rings (SSSR count). The molecule has 1 aromatic rings. The lowest BCUT2D eigenvalue weighted by molar-refractivity contribution is 0.187. The van der Waals surface area contributed by atoms with Crippen LogP contribution in [0.3, 0.4) is 0 Å². The van der Waals surface area contributed by atoms with E-state index in [0.717, 1.165) is 12.3 Å². The normalized spacial score (nSPS) is 27.3. The Labute approximate surface area is 128 Å². The predicted octanol–water partition coefficient (Wildman–Crippen LogP) is 4.10. The zero-order valence-electron chi connectivity index (χ0n) is 13.6. The fourth-order valence-electron chi connectivity index (χ4n) is 4.21. The summed E-state index contributed by atoms with van der Waals surface area (Å²) in [6, 6.07) is 6.62. The first-order valence-corrected chi connectivity index (χ1v) is 8.17. The van der Waals surface area contributed by atoms with E-state index in [-0.39, 0.29) is 0 Å². The molecule has 1 fully saturated rings. The van der Waals surface area contributed by atoms with Crippen LogP contribution in [0.15, 0.2) is 24.3 Å². The van der Waals surface area contributed by atoms with Gasteiger partial charge in [0, 0.05) is 5.41 Å². The van der Waals surface area contributed by atoms with Crippen LogP contribution in [0.2, 0.25) is 0 Å². The summed E-state index contributed by atoms with van der Waals surface area (Å²) < 4.78 is 5.50. The molecule has 0 saturated heterocycles. The molecule has 1 aromatic carbocycles. The SMILES string of the molecule is COc1ccc2c(c1)[C@]1(CCN(C)C)CCCC[C@@H]1C=C2. The van der Waals surface area contributed by atoms with E-state index in [1.54, 1.807) is 7.11 Å². The van der Waals surface area contributed by atoms with Crippen LogP contribution in [-0.4, -0.2) is 32.6 Å². The molecule has 0 spiro atoms. The van der Waals surface area contributed by atoms with E-state index in [0.29, 0.717) is 11.3 Å². The predicted molar refractivity (Wildman–Crippen MR) is 88.8 cm³/mol. The molecule has 2 heteroatoms. The molecule has 2 aliphatic rings. The molecule has 1 saturated carbocycles. The van der Waals surface area contributed by atoms with Gasteiger partial charge < -0.3 is 9.64 Å². The van der Waals surface area contributed by atoms with Gasteiger partial charge in [-0.1, -0.05) is 31.1 Å². The quantitative estimate of drug-likeness (QED) is 0.825. The Morgan fingerprint density at radius 2 is 2.14 bits per heavy atom. The fourth-order valence-corrected chi connectivity index (χ4v) is 4.21. The number of rotatable bonds is 4. The van der Waals surface area contributed by atoms with Crippen molar-refractivity contribution in [3.8, 4) is 5.75 Å². The van der Waals surface area contributed by atoms with Crippen molar-refractivity contribution >= 4 is 6.08 Å². The average Bonchev–Trinajstić information content (AvgIpc) is 2.52. The lowest BCUT2D eigenvalue weighted by Gasteiger charge is -2.47. The Bertz CT molecular complexity index is 534. The number of hydrogen-bond acceptors (Lipinski definition) is 2. The van der Waals surface area contributed by atoms with Gasteiger partial charge in [-0.15, -0.1) is 0 Å². The summed E-state index contributed by atoms with van der Waals surface area (Å²) in [4.78, 5) is 2.32. The van der Waals surface area contributed by atoms with Crippen molar-refractivity contribution in [1.29, 1.82) is 0 Å². The molecular formula is C19H27NO. The molecule has 114 valence electrons. The maximum atomic E-state index is 5.50. The van der Waals surface area contributed by atoms with Gasteiger partial charge in [-0.2, -0.15) is 0 Å². The topological polar surface area (TPSA) is 12.5 Å². The Kier molecular flexibility index (Phi) is 4.08. The molecule has 0 bridgehead atoms. The lowest BCUT2D eigenvalue weighted by Crippen LogP contribution is -2.41. The summed E-state index contributed by atoms with van der Waals surface area (Å²) in [5, 5.41) is 0. The number of hydrogen-bond donors (Lipinski definition) is 0. The molecular weight excluding hydrogens is 258 g/mol. The summed E-state index contributed by atoms with van der Waals surface area (Å²) in [5.74, 6) is 1.70. The number of ether oxygens (including phenoxy) is 1. The monoisotopic (exact) mass is 285 g/mol. The third kappa shape index (κ3) is 2.62. The van der Waals surface area contributed by atoms with E-state index in [4.69, 9.17) is 4.74 Å². The molecule has 0 N–H and O–H groups in total.